The number of hydrogen-bond donors (Lipinski definition) is 2. The first-order valence-electron chi connectivity index (χ1n) is 8.53. The average Bonchev–Trinajstić information content (AvgIpc) is 3.26. The summed E-state index contributed by atoms with van der Waals surface area (Å²) in [6.45, 7) is 7.33. The Labute approximate surface area is 146 Å². The number of aromatic amines is 1. The number of anilines is 1. The fraction of sp³-hybridized carbons (Fsp3) is 0.529. The minimum Gasteiger partial charge on any atom is -0.363 e. The van der Waals surface area contributed by atoms with Gasteiger partial charge in [0.1, 0.15) is 0 Å². The summed E-state index contributed by atoms with van der Waals surface area (Å²) >= 11 is 0. The number of halogens is 1. The van der Waals surface area contributed by atoms with Crippen LogP contribution in [0.3, 0.4) is 0 Å². The van der Waals surface area contributed by atoms with Crippen LogP contribution in [0.2, 0.25) is 0 Å². The van der Waals surface area contributed by atoms with Crippen molar-refractivity contribution in [1.82, 2.24) is 25.1 Å². The Hall–Kier alpha value is -2.51. The summed E-state index contributed by atoms with van der Waals surface area (Å²) in [5, 5.41) is 10.0. The Morgan fingerprint density at radius 1 is 1.36 bits per heavy atom. The van der Waals surface area contributed by atoms with Gasteiger partial charge in [-0.3, -0.25) is 9.89 Å². The van der Waals surface area contributed by atoms with Crippen LogP contribution < -0.4 is 5.32 Å². The Morgan fingerprint density at radius 3 is 2.84 bits per heavy atom. The van der Waals surface area contributed by atoms with Crippen molar-refractivity contribution in [3.05, 3.63) is 35.8 Å². The highest BCUT2D eigenvalue weighted by Gasteiger charge is 2.32. The summed E-state index contributed by atoms with van der Waals surface area (Å²) in [6.07, 6.45) is 5.23. The third-order valence-electron chi connectivity index (χ3n) is 4.71. The molecule has 1 saturated heterocycles. The first kappa shape index (κ1) is 17.3. The number of nitrogens with one attached hydrogen (secondary N) is 2. The van der Waals surface area contributed by atoms with E-state index in [2.05, 4.69) is 25.5 Å². The van der Waals surface area contributed by atoms with E-state index in [1.165, 1.54) is 12.4 Å². The third-order valence-corrected chi connectivity index (χ3v) is 4.71. The van der Waals surface area contributed by atoms with Crippen LogP contribution in [0, 0.1) is 11.9 Å². The Balaban J connectivity index is 1.64. The Kier molecular flexibility index (Phi) is 4.96. The minimum absolute atomic E-state index is 0.00201. The Bertz CT molecular complexity index is 746. The summed E-state index contributed by atoms with van der Waals surface area (Å²) in [5.41, 5.74) is 1.50. The quantitative estimate of drug-likeness (QED) is 0.868. The molecule has 7 nitrogen and oxygen atoms in total. The first-order chi connectivity index (χ1) is 12.0. The van der Waals surface area contributed by atoms with Crippen molar-refractivity contribution in [3.63, 3.8) is 0 Å². The van der Waals surface area contributed by atoms with Crippen molar-refractivity contribution in [2.24, 2.45) is 5.92 Å². The van der Waals surface area contributed by atoms with E-state index in [9.17, 15) is 9.18 Å². The minimum atomic E-state index is -0.611. The lowest BCUT2D eigenvalue weighted by molar-refractivity contribution is 0.0785. The molecule has 0 bridgehead atoms. The van der Waals surface area contributed by atoms with Crippen LogP contribution in [0.4, 0.5) is 10.2 Å². The van der Waals surface area contributed by atoms with E-state index in [1.807, 2.05) is 25.7 Å². The van der Waals surface area contributed by atoms with Gasteiger partial charge in [0.25, 0.3) is 11.9 Å². The summed E-state index contributed by atoms with van der Waals surface area (Å²) < 4.78 is 13.6. The van der Waals surface area contributed by atoms with E-state index in [-0.39, 0.29) is 29.6 Å². The molecule has 0 spiro atoms. The number of hydrogen-bond acceptors (Lipinski definition) is 5. The van der Waals surface area contributed by atoms with Crippen LogP contribution in [0.15, 0.2) is 18.6 Å². The lowest BCUT2D eigenvalue weighted by atomic mass is 10.0. The molecule has 0 radical (unpaired) electrons. The molecule has 134 valence electrons. The summed E-state index contributed by atoms with van der Waals surface area (Å²) in [5.74, 6) is -0.0328. The number of carbonyl (C=O) groups is 1. The molecule has 1 aliphatic rings. The number of likely N-dealkylation sites (tertiary alicyclic amines) is 1. The van der Waals surface area contributed by atoms with E-state index in [4.69, 9.17) is 0 Å². The molecule has 8 heteroatoms. The highest BCUT2D eigenvalue weighted by atomic mass is 19.1. The highest BCUT2D eigenvalue weighted by molar-refractivity contribution is 5.95. The van der Waals surface area contributed by atoms with Crippen molar-refractivity contribution in [2.45, 2.75) is 39.2 Å². The van der Waals surface area contributed by atoms with Crippen molar-refractivity contribution in [1.29, 1.82) is 0 Å². The second-order valence-electron chi connectivity index (χ2n) is 6.78. The van der Waals surface area contributed by atoms with Crippen molar-refractivity contribution >= 4 is 11.7 Å². The maximum atomic E-state index is 13.6. The van der Waals surface area contributed by atoms with Crippen LogP contribution in [0.5, 0.6) is 0 Å². The van der Waals surface area contributed by atoms with Gasteiger partial charge in [-0.1, -0.05) is 13.8 Å². The largest absolute Gasteiger partial charge is 0.363 e. The third kappa shape index (κ3) is 3.62. The van der Waals surface area contributed by atoms with Gasteiger partial charge in [-0.05, 0) is 25.2 Å². The molecule has 2 N–H and O–H groups in total. The topological polar surface area (TPSA) is 86.8 Å². The van der Waals surface area contributed by atoms with Crippen LogP contribution in [-0.2, 0) is 0 Å². The molecule has 2 unspecified atom stereocenters. The van der Waals surface area contributed by atoms with Gasteiger partial charge in [-0.15, -0.1) is 0 Å². The van der Waals surface area contributed by atoms with Gasteiger partial charge in [-0.2, -0.15) is 9.49 Å². The molecule has 0 aromatic carbocycles. The predicted molar refractivity (Wildman–Crippen MR) is 91.8 cm³/mol. The van der Waals surface area contributed by atoms with E-state index in [1.54, 1.807) is 6.20 Å². The lowest BCUT2D eigenvalue weighted by Crippen LogP contribution is -2.33. The normalized spacial score (nSPS) is 18.6. The molecule has 1 aliphatic heterocycles. The molecule has 3 rings (SSSR count). The zero-order valence-corrected chi connectivity index (χ0v) is 14.7. The lowest BCUT2D eigenvalue weighted by Gasteiger charge is -2.22. The van der Waals surface area contributed by atoms with E-state index in [0.29, 0.717) is 18.7 Å². The fourth-order valence-corrected chi connectivity index (χ4v) is 3.21. The van der Waals surface area contributed by atoms with E-state index in [0.717, 1.165) is 12.1 Å². The van der Waals surface area contributed by atoms with Crippen molar-refractivity contribution < 1.29 is 9.18 Å². The summed E-state index contributed by atoms with van der Waals surface area (Å²) in [7, 11) is 0. The van der Waals surface area contributed by atoms with E-state index < -0.39 is 5.95 Å². The first-order valence-corrected chi connectivity index (χ1v) is 8.53. The standard InChI is InChI=1S/C17H23FN6O/c1-10(2)14-13(8-21-23-14)17(25)24-7-4-12(9-24)11(3)22-16-15(18)19-5-6-20-16/h5-6,8,10-12H,4,7,9H2,1-3H3,(H,20,22)(H,21,23). The van der Waals surface area contributed by atoms with Crippen LogP contribution >= 0.6 is 0 Å². The molecular formula is C17H23FN6O. The molecule has 2 atom stereocenters. The average molecular weight is 346 g/mol. The van der Waals surface area contributed by atoms with Gasteiger partial charge in [0.2, 0.25) is 0 Å². The van der Waals surface area contributed by atoms with Crippen LogP contribution in [0.1, 0.15) is 49.2 Å². The molecular weight excluding hydrogens is 323 g/mol. The highest BCUT2D eigenvalue weighted by Crippen LogP contribution is 2.25. The monoisotopic (exact) mass is 346 g/mol. The molecule has 2 aromatic rings. The smallest absolute Gasteiger partial charge is 0.257 e. The number of rotatable bonds is 5. The van der Waals surface area contributed by atoms with Gasteiger partial charge in [-0.25, -0.2) is 9.97 Å². The van der Waals surface area contributed by atoms with Gasteiger partial charge in [0, 0.05) is 31.5 Å². The van der Waals surface area contributed by atoms with E-state index >= 15 is 0 Å². The van der Waals surface area contributed by atoms with Gasteiger partial charge >= 0.3 is 0 Å². The van der Waals surface area contributed by atoms with Crippen LogP contribution in [-0.4, -0.2) is 50.1 Å². The summed E-state index contributed by atoms with van der Waals surface area (Å²) in [4.78, 5) is 22.2. The summed E-state index contributed by atoms with van der Waals surface area (Å²) in [6, 6.07) is -0.0158. The number of nitrogens with zero attached hydrogens (tertiary/aromatic N) is 4. The Morgan fingerprint density at radius 2 is 2.12 bits per heavy atom. The molecule has 0 saturated carbocycles. The molecule has 2 aromatic heterocycles. The second kappa shape index (κ2) is 7.16. The molecule has 1 fully saturated rings. The molecule has 1 amide bonds. The zero-order valence-electron chi connectivity index (χ0n) is 14.7. The number of H-pyrrole nitrogens is 1. The number of carbonyl (C=O) groups excluding carboxylic acids is 1. The zero-order chi connectivity index (χ0) is 18.0. The molecule has 0 aliphatic carbocycles. The van der Waals surface area contributed by atoms with Crippen molar-refractivity contribution in [3.8, 4) is 0 Å². The fourth-order valence-electron chi connectivity index (χ4n) is 3.21. The number of amides is 1. The molecule has 25 heavy (non-hydrogen) atoms. The maximum absolute atomic E-state index is 13.6. The maximum Gasteiger partial charge on any atom is 0.257 e. The van der Waals surface area contributed by atoms with Crippen LogP contribution in [0.25, 0.3) is 0 Å². The molecule has 3 heterocycles. The van der Waals surface area contributed by atoms with Gasteiger partial charge < -0.3 is 10.2 Å². The predicted octanol–water partition coefficient (Wildman–Crippen LogP) is 2.42. The van der Waals surface area contributed by atoms with Gasteiger partial charge in [0.05, 0.1) is 17.5 Å². The SMILES string of the molecule is CC(C)c1[nH]ncc1C(=O)N1CCC(C(C)Nc2nccnc2F)C1. The van der Waals surface area contributed by atoms with Gasteiger partial charge in [0.15, 0.2) is 5.82 Å². The second-order valence-corrected chi connectivity index (χ2v) is 6.78. The van der Waals surface area contributed by atoms with Crippen molar-refractivity contribution in [2.75, 3.05) is 18.4 Å². The number of aromatic nitrogens is 4.